The second-order valence-electron chi connectivity index (χ2n) is 5.18. The van der Waals surface area contributed by atoms with Gasteiger partial charge in [0, 0.05) is 17.1 Å². The Labute approximate surface area is 173 Å². The maximum Gasteiger partial charge on any atom is 0.150 e. The Balaban J connectivity index is 0.00000148. The summed E-state index contributed by atoms with van der Waals surface area (Å²) in [6.07, 6.45) is 5.25. The highest BCUT2D eigenvalue weighted by molar-refractivity contribution is 5.87. The van der Waals surface area contributed by atoms with E-state index >= 15 is 0 Å². The number of hydrogen-bond donors (Lipinski definition) is 0. The number of carbonyl (C=O) groups is 1. The molecule has 3 rings (SSSR count). The van der Waals surface area contributed by atoms with Gasteiger partial charge in [-0.05, 0) is 42.5 Å². The smallest absolute Gasteiger partial charge is 0.150 e. The number of halogens is 1. The van der Waals surface area contributed by atoms with E-state index in [-0.39, 0.29) is 7.43 Å². The number of nitrogens with zero attached hydrogens (tertiary/aromatic N) is 3. The fourth-order valence-corrected chi connectivity index (χ4v) is 2.24. The molecule has 0 unspecified atom stereocenters. The molecule has 0 fully saturated rings. The van der Waals surface area contributed by atoms with Crippen molar-refractivity contribution in [1.82, 2.24) is 14.8 Å². The molecule has 0 spiro atoms. The van der Waals surface area contributed by atoms with Crippen molar-refractivity contribution >= 4 is 22.9 Å². The van der Waals surface area contributed by atoms with Gasteiger partial charge in [0.2, 0.25) is 0 Å². The van der Waals surface area contributed by atoms with E-state index in [9.17, 15) is 9.18 Å². The fraction of sp³-hybridized carbons (Fsp3) is 0.208. The number of fused-ring (bicyclic) bond motifs is 1. The van der Waals surface area contributed by atoms with Crippen molar-refractivity contribution in [3.05, 3.63) is 79.3 Å². The van der Waals surface area contributed by atoms with E-state index < -0.39 is 5.83 Å². The largest absolute Gasteiger partial charge is 0.298 e. The summed E-state index contributed by atoms with van der Waals surface area (Å²) in [7, 11) is 0. The lowest BCUT2D eigenvalue weighted by atomic mass is 10.1. The van der Waals surface area contributed by atoms with Crippen molar-refractivity contribution in [2.24, 2.45) is 0 Å². The predicted octanol–water partition coefficient (Wildman–Crippen LogP) is 7.11. The Bertz CT molecular complexity index is 987. The lowest BCUT2D eigenvalue weighted by Crippen LogP contribution is -1.95. The molecule has 0 saturated heterocycles. The molecule has 29 heavy (non-hydrogen) atoms. The minimum Gasteiger partial charge on any atom is -0.298 e. The van der Waals surface area contributed by atoms with Gasteiger partial charge in [-0.15, -0.1) is 0 Å². The van der Waals surface area contributed by atoms with Gasteiger partial charge in [-0.1, -0.05) is 54.3 Å². The van der Waals surface area contributed by atoms with Crippen LogP contribution in [0.4, 0.5) is 4.39 Å². The molecule has 1 aromatic carbocycles. The van der Waals surface area contributed by atoms with Crippen LogP contribution in [0.5, 0.6) is 0 Å². The van der Waals surface area contributed by atoms with Crippen LogP contribution in [0.1, 0.15) is 45.5 Å². The topological polar surface area (TPSA) is 47.8 Å². The molecule has 0 atom stereocenters. The molecule has 0 aliphatic carbocycles. The van der Waals surface area contributed by atoms with Crippen LogP contribution in [0.25, 0.3) is 28.0 Å². The number of allylic oxidation sites excluding steroid dienone is 4. The van der Waals surface area contributed by atoms with Crippen LogP contribution in [-0.2, 0) is 0 Å². The SMILES string of the molecule is C.C=C(F)/C=C\C(=C)n1ccc(-c2ccc3cc(C=O)ccc3n2)n1.CC.CC. The zero-order valence-corrected chi connectivity index (χ0v) is 16.8. The van der Waals surface area contributed by atoms with Crippen molar-refractivity contribution in [1.29, 1.82) is 0 Å². The third-order valence-electron chi connectivity index (χ3n) is 3.45. The highest BCUT2D eigenvalue weighted by Gasteiger charge is 2.06. The molecule has 0 amide bonds. The Morgan fingerprint density at radius 1 is 1.00 bits per heavy atom. The molecule has 3 aromatic rings. The first-order chi connectivity index (χ1) is 13.6. The van der Waals surface area contributed by atoms with Gasteiger partial charge in [-0.2, -0.15) is 5.10 Å². The maximum atomic E-state index is 12.7. The molecule has 0 radical (unpaired) electrons. The molecule has 154 valence electrons. The second-order valence-corrected chi connectivity index (χ2v) is 5.18. The highest BCUT2D eigenvalue weighted by Crippen LogP contribution is 2.21. The van der Waals surface area contributed by atoms with Crippen LogP contribution >= 0.6 is 0 Å². The lowest BCUT2D eigenvalue weighted by molar-refractivity contribution is 0.112. The van der Waals surface area contributed by atoms with E-state index in [2.05, 4.69) is 23.2 Å². The number of carbonyl (C=O) groups excluding carboxylic acids is 1. The summed E-state index contributed by atoms with van der Waals surface area (Å²) in [5.41, 5.74) is 3.27. The first kappa shape index (κ1) is 25.7. The molecular formula is C24H30FN3O. The first-order valence-corrected chi connectivity index (χ1v) is 9.20. The van der Waals surface area contributed by atoms with E-state index in [1.165, 1.54) is 16.8 Å². The van der Waals surface area contributed by atoms with Crippen molar-refractivity contribution in [2.75, 3.05) is 0 Å². The van der Waals surface area contributed by atoms with E-state index in [0.29, 0.717) is 22.6 Å². The van der Waals surface area contributed by atoms with Gasteiger partial charge >= 0.3 is 0 Å². The Morgan fingerprint density at radius 2 is 1.69 bits per heavy atom. The molecule has 2 heterocycles. The molecule has 0 aliphatic heterocycles. The first-order valence-electron chi connectivity index (χ1n) is 9.20. The molecule has 5 heteroatoms. The molecule has 0 bridgehead atoms. The quantitative estimate of drug-likeness (QED) is 0.342. The normalized spacial score (nSPS) is 9.55. The summed E-state index contributed by atoms with van der Waals surface area (Å²) in [4.78, 5) is 15.4. The van der Waals surface area contributed by atoms with Crippen molar-refractivity contribution in [3.8, 4) is 11.4 Å². The third-order valence-corrected chi connectivity index (χ3v) is 3.45. The van der Waals surface area contributed by atoms with Crippen molar-refractivity contribution in [3.63, 3.8) is 0 Å². The van der Waals surface area contributed by atoms with Gasteiger partial charge in [0.05, 0.1) is 16.9 Å². The van der Waals surface area contributed by atoms with Crippen LogP contribution < -0.4 is 0 Å². The molecule has 0 saturated carbocycles. The number of rotatable bonds is 5. The average molecular weight is 396 g/mol. The van der Waals surface area contributed by atoms with Crippen LogP contribution in [-0.4, -0.2) is 21.1 Å². The second kappa shape index (κ2) is 12.9. The Hall–Kier alpha value is -3.34. The molecule has 0 N–H and O–H groups in total. The summed E-state index contributed by atoms with van der Waals surface area (Å²) in [5, 5.41) is 5.28. The number of aromatic nitrogens is 3. The summed E-state index contributed by atoms with van der Waals surface area (Å²) in [5.74, 6) is -0.547. The summed E-state index contributed by atoms with van der Waals surface area (Å²) in [6, 6.07) is 10.8. The van der Waals surface area contributed by atoms with E-state index in [1.807, 2.05) is 39.8 Å². The van der Waals surface area contributed by atoms with Crippen LogP contribution in [0.2, 0.25) is 0 Å². The molecular weight excluding hydrogens is 365 g/mol. The highest BCUT2D eigenvalue weighted by atomic mass is 19.1. The minimum atomic E-state index is -0.547. The summed E-state index contributed by atoms with van der Waals surface area (Å²) in [6.45, 7) is 15.0. The fourth-order valence-electron chi connectivity index (χ4n) is 2.24. The zero-order valence-electron chi connectivity index (χ0n) is 16.8. The Kier molecular flexibility index (Phi) is 11.5. The summed E-state index contributed by atoms with van der Waals surface area (Å²) < 4.78 is 14.2. The lowest BCUT2D eigenvalue weighted by Gasteiger charge is -2.02. The van der Waals surface area contributed by atoms with Crippen molar-refractivity contribution in [2.45, 2.75) is 35.1 Å². The maximum absolute atomic E-state index is 12.7. The van der Waals surface area contributed by atoms with Gasteiger partial charge < -0.3 is 0 Å². The molecule has 2 aromatic heterocycles. The minimum absolute atomic E-state index is 0. The van der Waals surface area contributed by atoms with Gasteiger partial charge in [0.15, 0.2) is 0 Å². The summed E-state index contributed by atoms with van der Waals surface area (Å²) >= 11 is 0. The van der Waals surface area contributed by atoms with E-state index in [1.54, 1.807) is 30.5 Å². The van der Waals surface area contributed by atoms with Gasteiger partial charge in [-0.3, -0.25) is 4.79 Å². The van der Waals surface area contributed by atoms with Crippen LogP contribution in [0.15, 0.2) is 73.7 Å². The monoisotopic (exact) mass is 395 g/mol. The van der Waals surface area contributed by atoms with E-state index in [4.69, 9.17) is 0 Å². The predicted molar refractivity (Wildman–Crippen MR) is 122 cm³/mol. The van der Waals surface area contributed by atoms with E-state index in [0.717, 1.165) is 17.2 Å². The van der Waals surface area contributed by atoms with Gasteiger partial charge in [-0.25, -0.2) is 14.1 Å². The zero-order chi connectivity index (χ0) is 21.1. The van der Waals surface area contributed by atoms with Gasteiger partial charge in [0.1, 0.15) is 17.8 Å². The van der Waals surface area contributed by atoms with Gasteiger partial charge in [0.25, 0.3) is 0 Å². The average Bonchev–Trinajstić information content (AvgIpc) is 3.24. The number of aldehydes is 1. The standard InChI is InChI=1S/C19H14FN3O.2C2H6.CH4/c1-13(20)3-4-14(2)23-10-9-19(22-23)18-8-6-16-11-15(12-24)5-7-17(16)21-18;2*1-2;/h3-12H,1-2H2;2*1-2H3;1H4/b4-3-;;;. The number of pyridine rings is 1. The van der Waals surface area contributed by atoms with Crippen LogP contribution in [0, 0.1) is 0 Å². The third kappa shape index (κ3) is 6.96. The Morgan fingerprint density at radius 3 is 2.31 bits per heavy atom. The number of benzene rings is 1. The van der Waals surface area contributed by atoms with Crippen molar-refractivity contribution < 1.29 is 9.18 Å². The molecule has 4 nitrogen and oxygen atoms in total. The molecule has 0 aliphatic rings. The van der Waals surface area contributed by atoms with Crippen LogP contribution in [0.3, 0.4) is 0 Å². The number of hydrogen-bond acceptors (Lipinski definition) is 3.